The molecule has 2 aromatic carbocycles. The third kappa shape index (κ3) is 3.79. The number of non-ortho nitro benzene ring substituents is 2. The molecule has 3 aromatic rings. The van der Waals surface area contributed by atoms with Gasteiger partial charge in [-0.1, -0.05) is 5.16 Å². The lowest BCUT2D eigenvalue weighted by atomic mass is 10.1. The molecule has 0 amide bonds. The molecule has 0 bridgehead atoms. The smallest absolute Gasteiger partial charge is 0.279 e. The van der Waals surface area contributed by atoms with Gasteiger partial charge in [0.25, 0.3) is 11.4 Å². The SMILES string of the molecule is O=[N+]([O-])c1ccc(CO/N=C/c2cc([N+](=O)[O-])c3cccnc3c2O)cc1. The molecule has 0 saturated carbocycles. The Labute approximate surface area is 151 Å². The first-order valence-corrected chi connectivity index (χ1v) is 7.61. The first-order chi connectivity index (χ1) is 13.0. The number of hydrogen-bond donors (Lipinski definition) is 1. The first-order valence-electron chi connectivity index (χ1n) is 7.61. The van der Waals surface area contributed by atoms with Gasteiger partial charge in [-0.2, -0.15) is 0 Å². The van der Waals surface area contributed by atoms with Gasteiger partial charge in [0, 0.05) is 30.0 Å². The van der Waals surface area contributed by atoms with Crippen molar-refractivity contribution < 1.29 is 19.8 Å². The highest BCUT2D eigenvalue weighted by atomic mass is 16.6. The quantitative estimate of drug-likeness (QED) is 0.399. The zero-order chi connectivity index (χ0) is 19.4. The van der Waals surface area contributed by atoms with E-state index < -0.39 is 9.85 Å². The molecule has 0 saturated heterocycles. The molecule has 1 aromatic heterocycles. The molecule has 136 valence electrons. The van der Waals surface area contributed by atoms with Crippen molar-refractivity contribution in [3.8, 4) is 5.75 Å². The Balaban J connectivity index is 1.78. The molecule has 0 spiro atoms. The lowest BCUT2D eigenvalue weighted by molar-refractivity contribution is -0.384. The predicted octanol–water partition coefficient (Wildman–Crippen LogP) is 3.31. The van der Waals surface area contributed by atoms with Crippen molar-refractivity contribution in [3.05, 3.63) is 80.0 Å². The summed E-state index contributed by atoms with van der Waals surface area (Å²) in [6.07, 6.45) is 2.56. The number of aromatic nitrogens is 1. The van der Waals surface area contributed by atoms with Crippen LogP contribution in [0, 0.1) is 20.2 Å². The van der Waals surface area contributed by atoms with Gasteiger partial charge in [-0.15, -0.1) is 0 Å². The predicted molar refractivity (Wildman–Crippen MR) is 95.5 cm³/mol. The molecule has 1 heterocycles. The largest absolute Gasteiger partial charge is 0.505 e. The van der Waals surface area contributed by atoms with Gasteiger partial charge in [0.1, 0.15) is 12.1 Å². The maximum atomic E-state index is 11.2. The summed E-state index contributed by atoms with van der Waals surface area (Å²) in [5, 5.41) is 36.0. The Morgan fingerprint density at radius 2 is 1.89 bits per heavy atom. The van der Waals surface area contributed by atoms with Gasteiger partial charge in [0.05, 0.1) is 21.4 Å². The Kier molecular flexibility index (Phi) is 4.88. The number of rotatable bonds is 6. The monoisotopic (exact) mass is 368 g/mol. The van der Waals surface area contributed by atoms with E-state index in [0.717, 1.165) is 6.21 Å². The van der Waals surface area contributed by atoms with E-state index in [2.05, 4.69) is 10.1 Å². The fourth-order valence-electron chi connectivity index (χ4n) is 2.40. The number of aromatic hydroxyl groups is 1. The number of benzene rings is 2. The summed E-state index contributed by atoms with van der Waals surface area (Å²) >= 11 is 0. The highest BCUT2D eigenvalue weighted by molar-refractivity contribution is 5.99. The molecule has 0 fully saturated rings. The van der Waals surface area contributed by atoms with E-state index in [1.54, 1.807) is 0 Å². The van der Waals surface area contributed by atoms with Gasteiger partial charge in [-0.3, -0.25) is 25.2 Å². The van der Waals surface area contributed by atoms with E-state index in [0.29, 0.717) is 5.56 Å². The van der Waals surface area contributed by atoms with Crippen molar-refractivity contribution in [1.29, 1.82) is 0 Å². The minimum Gasteiger partial charge on any atom is -0.505 e. The summed E-state index contributed by atoms with van der Waals surface area (Å²) in [4.78, 5) is 29.8. The van der Waals surface area contributed by atoms with E-state index in [9.17, 15) is 25.3 Å². The van der Waals surface area contributed by atoms with Crippen molar-refractivity contribution in [2.75, 3.05) is 0 Å². The Bertz CT molecular complexity index is 1050. The molecule has 3 rings (SSSR count). The highest BCUT2D eigenvalue weighted by Crippen LogP contribution is 2.33. The Hall–Kier alpha value is -4.08. The summed E-state index contributed by atoms with van der Waals surface area (Å²) in [6.45, 7) is 0.0309. The van der Waals surface area contributed by atoms with Crippen molar-refractivity contribution in [1.82, 2.24) is 4.98 Å². The van der Waals surface area contributed by atoms with Gasteiger partial charge in [-0.05, 0) is 29.8 Å². The molecule has 0 atom stereocenters. The van der Waals surface area contributed by atoms with E-state index in [1.807, 2.05) is 0 Å². The van der Waals surface area contributed by atoms with Crippen molar-refractivity contribution in [2.45, 2.75) is 6.61 Å². The van der Waals surface area contributed by atoms with Crippen LogP contribution >= 0.6 is 0 Å². The molecule has 27 heavy (non-hydrogen) atoms. The minimum atomic E-state index is -0.571. The van der Waals surface area contributed by atoms with E-state index in [1.165, 1.54) is 48.7 Å². The standard InChI is InChI=1S/C17H12N4O6/c22-17-12(8-15(21(25)26)14-2-1-7-18-16(14)17)9-19-27-10-11-3-5-13(6-4-11)20(23)24/h1-9,22H,10H2/b19-9+. The molecular weight excluding hydrogens is 356 g/mol. The van der Waals surface area contributed by atoms with Gasteiger partial charge in [0.15, 0.2) is 5.75 Å². The Morgan fingerprint density at radius 1 is 1.15 bits per heavy atom. The molecule has 0 radical (unpaired) electrons. The summed E-state index contributed by atoms with van der Waals surface area (Å²) in [6, 6.07) is 9.94. The lowest BCUT2D eigenvalue weighted by Crippen LogP contribution is -1.95. The minimum absolute atomic E-state index is 0.0309. The number of phenols is 1. The molecule has 0 unspecified atom stereocenters. The summed E-state index contributed by atoms with van der Waals surface area (Å²) in [5.74, 6) is -0.251. The molecule has 0 aliphatic heterocycles. The first kappa shape index (κ1) is 17.7. The van der Waals surface area contributed by atoms with Crippen LogP contribution in [-0.4, -0.2) is 26.2 Å². The molecule has 0 aliphatic carbocycles. The third-order valence-electron chi connectivity index (χ3n) is 3.72. The summed E-state index contributed by atoms with van der Waals surface area (Å²) < 4.78 is 0. The number of phenolic OH excluding ortho intramolecular Hbond substituents is 1. The van der Waals surface area contributed by atoms with E-state index in [-0.39, 0.29) is 40.2 Å². The maximum absolute atomic E-state index is 11.2. The van der Waals surface area contributed by atoms with Gasteiger partial charge >= 0.3 is 0 Å². The second-order valence-corrected chi connectivity index (χ2v) is 5.42. The number of fused-ring (bicyclic) bond motifs is 1. The van der Waals surface area contributed by atoms with Crippen LogP contribution in [0.25, 0.3) is 10.9 Å². The lowest BCUT2D eigenvalue weighted by Gasteiger charge is -2.05. The maximum Gasteiger partial charge on any atom is 0.279 e. The van der Waals surface area contributed by atoms with Crippen molar-refractivity contribution in [3.63, 3.8) is 0 Å². The number of pyridine rings is 1. The number of nitrogens with zero attached hydrogens (tertiary/aromatic N) is 4. The Morgan fingerprint density at radius 3 is 2.56 bits per heavy atom. The number of nitro groups is 2. The second-order valence-electron chi connectivity index (χ2n) is 5.42. The number of oxime groups is 1. The zero-order valence-corrected chi connectivity index (χ0v) is 13.7. The van der Waals surface area contributed by atoms with Gasteiger partial charge in [0.2, 0.25) is 0 Å². The van der Waals surface area contributed by atoms with Crippen LogP contribution in [0.3, 0.4) is 0 Å². The van der Waals surface area contributed by atoms with Crippen LogP contribution in [-0.2, 0) is 11.4 Å². The highest BCUT2D eigenvalue weighted by Gasteiger charge is 2.18. The van der Waals surface area contributed by atoms with Crippen LogP contribution in [0.4, 0.5) is 11.4 Å². The number of hydrogen-bond acceptors (Lipinski definition) is 8. The average molecular weight is 368 g/mol. The summed E-state index contributed by atoms with van der Waals surface area (Å²) in [7, 11) is 0. The third-order valence-corrected chi connectivity index (χ3v) is 3.72. The van der Waals surface area contributed by atoms with Gasteiger partial charge in [-0.25, -0.2) is 0 Å². The topological polar surface area (TPSA) is 141 Å². The van der Waals surface area contributed by atoms with Gasteiger partial charge < -0.3 is 9.94 Å². The zero-order valence-electron chi connectivity index (χ0n) is 13.7. The molecule has 10 heteroatoms. The van der Waals surface area contributed by atoms with E-state index >= 15 is 0 Å². The van der Waals surface area contributed by atoms with Crippen LogP contribution in [0.15, 0.2) is 53.8 Å². The average Bonchev–Trinajstić information content (AvgIpc) is 2.67. The molecule has 0 aliphatic rings. The van der Waals surface area contributed by atoms with E-state index in [4.69, 9.17) is 4.84 Å². The molecular formula is C17H12N4O6. The van der Waals surface area contributed by atoms with Crippen LogP contribution in [0.1, 0.15) is 11.1 Å². The molecule has 1 N–H and O–H groups in total. The van der Waals surface area contributed by atoms with Crippen molar-refractivity contribution in [2.24, 2.45) is 5.16 Å². The fourth-order valence-corrected chi connectivity index (χ4v) is 2.40. The van der Waals surface area contributed by atoms with Crippen molar-refractivity contribution >= 4 is 28.5 Å². The van der Waals surface area contributed by atoms with Crippen LogP contribution in [0.5, 0.6) is 5.75 Å². The number of nitro benzene ring substituents is 2. The summed E-state index contributed by atoms with van der Waals surface area (Å²) in [5.41, 5.74) is 0.559. The molecule has 10 nitrogen and oxygen atoms in total. The fraction of sp³-hybridized carbons (Fsp3) is 0.0588. The van der Waals surface area contributed by atoms with Crippen LogP contribution in [0.2, 0.25) is 0 Å². The normalized spacial score (nSPS) is 11.0. The van der Waals surface area contributed by atoms with Crippen LogP contribution < -0.4 is 0 Å². The second kappa shape index (κ2) is 7.44.